The molecule has 0 saturated heterocycles. The first kappa shape index (κ1) is 44.9. The molecular weight excluding hydrogens is 699 g/mol. The SMILES string of the molecule is CC(C)C1CC2C(c3ccc(C(C)(C)C)cc3)CCCC2C1[Si](C)(C)C1CCC(CCCCCCOC(C)(C)C)C1.[CH3-].[CH3-].[Cl][Zr+2][Cl]. The second-order valence-electron chi connectivity index (χ2n) is 17.8. The Kier molecular flexibility index (Phi) is 19.6. The van der Waals surface area contributed by atoms with Crippen LogP contribution < -0.4 is 0 Å². The Morgan fingerprint density at radius 3 is 2.00 bits per heavy atom. The summed E-state index contributed by atoms with van der Waals surface area (Å²) >= 11 is -0.826. The fourth-order valence-corrected chi connectivity index (χ4v) is 15.4. The van der Waals surface area contributed by atoms with Crippen LogP contribution in [0.2, 0.25) is 24.2 Å². The van der Waals surface area contributed by atoms with Gasteiger partial charge in [0.15, 0.2) is 0 Å². The minimum absolute atomic E-state index is 0. The Balaban J connectivity index is 0.00000203. The molecule has 1 aromatic carbocycles. The standard InChI is InChI=1S/C39H68OSi.2CH3.2ClH.Zr/c1-28(2)35-27-36-33(30-20-22-31(23-21-30)38(3,4)5)17-15-18-34(36)37(35)41(9,10)32-24-19-29(26-32)16-13-11-12-14-25-40-39(6,7)8;;;;;/h20-23,28-29,32-37H,11-19,24-27H2,1-10H3;2*1H3;2*1H;/q;2*-1;;;+4/p-2. The maximum absolute atomic E-state index is 5.93. The third kappa shape index (κ3) is 12.6. The molecule has 0 amide bonds. The molecule has 1 aromatic rings. The molecule has 3 saturated carbocycles. The topological polar surface area (TPSA) is 9.23 Å². The van der Waals surface area contributed by atoms with E-state index in [0.717, 1.165) is 53.2 Å². The summed E-state index contributed by atoms with van der Waals surface area (Å²) in [6.45, 7) is 25.3. The van der Waals surface area contributed by atoms with Crippen molar-refractivity contribution >= 4 is 25.1 Å². The number of hydrogen-bond acceptors (Lipinski definition) is 1. The van der Waals surface area contributed by atoms with Gasteiger partial charge in [-0.2, -0.15) is 0 Å². The van der Waals surface area contributed by atoms with E-state index in [9.17, 15) is 0 Å². The number of unbranched alkanes of at least 4 members (excludes halogenated alkanes) is 3. The van der Waals surface area contributed by atoms with Crippen LogP contribution in [0, 0.1) is 44.4 Å². The zero-order valence-corrected chi connectivity index (χ0v) is 37.3. The van der Waals surface area contributed by atoms with Crippen LogP contribution in [-0.4, -0.2) is 20.3 Å². The second kappa shape index (κ2) is 20.0. The van der Waals surface area contributed by atoms with Gasteiger partial charge in [-0.15, -0.1) is 0 Å². The van der Waals surface area contributed by atoms with Crippen LogP contribution in [0.15, 0.2) is 24.3 Å². The Morgan fingerprint density at radius 2 is 1.43 bits per heavy atom. The molecule has 0 radical (unpaired) electrons. The monoisotopic (exact) mass is 770 g/mol. The number of halogens is 2. The van der Waals surface area contributed by atoms with E-state index in [1.54, 1.807) is 18.4 Å². The van der Waals surface area contributed by atoms with Crippen LogP contribution in [0.3, 0.4) is 0 Å². The van der Waals surface area contributed by atoms with Gasteiger partial charge >= 0.3 is 37.9 Å². The summed E-state index contributed by atoms with van der Waals surface area (Å²) in [5.74, 6) is 5.50. The summed E-state index contributed by atoms with van der Waals surface area (Å²) in [7, 11) is 8.49. The van der Waals surface area contributed by atoms with Gasteiger partial charge in [0.2, 0.25) is 0 Å². The van der Waals surface area contributed by atoms with Crippen molar-refractivity contribution in [1.29, 1.82) is 0 Å². The third-order valence-corrected chi connectivity index (χ3v) is 17.3. The molecule has 0 aliphatic heterocycles. The van der Waals surface area contributed by atoms with E-state index in [0.29, 0.717) is 0 Å². The predicted molar refractivity (Wildman–Crippen MR) is 207 cm³/mol. The molecule has 0 N–H and O–H groups in total. The summed E-state index contributed by atoms with van der Waals surface area (Å²) in [5, 5.41) is 0. The van der Waals surface area contributed by atoms with Gasteiger partial charge in [0.05, 0.1) is 13.7 Å². The molecule has 266 valence electrons. The van der Waals surface area contributed by atoms with Crippen molar-refractivity contribution in [2.45, 2.75) is 174 Å². The number of ether oxygens (including phenoxy) is 1. The van der Waals surface area contributed by atoms with Crippen molar-refractivity contribution in [2.24, 2.45) is 29.6 Å². The molecule has 3 fully saturated rings. The Labute approximate surface area is 308 Å². The normalized spacial score (nSPS) is 28.0. The van der Waals surface area contributed by atoms with E-state index in [2.05, 4.69) is 92.7 Å². The van der Waals surface area contributed by atoms with E-state index >= 15 is 0 Å². The summed E-state index contributed by atoms with van der Waals surface area (Å²) in [6, 6.07) is 9.94. The first-order chi connectivity index (χ1) is 20.6. The van der Waals surface area contributed by atoms with Crippen LogP contribution in [0.1, 0.15) is 149 Å². The van der Waals surface area contributed by atoms with E-state index in [1.165, 1.54) is 69.8 Å². The number of hydrogen-bond donors (Lipinski definition) is 0. The van der Waals surface area contributed by atoms with Gasteiger partial charge in [0, 0.05) is 6.61 Å². The average Bonchev–Trinajstić information content (AvgIpc) is 3.58. The zero-order chi connectivity index (χ0) is 32.7. The van der Waals surface area contributed by atoms with Crippen LogP contribution in [0.25, 0.3) is 0 Å². The van der Waals surface area contributed by atoms with Crippen molar-refractivity contribution in [3.05, 3.63) is 50.2 Å². The van der Waals surface area contributed by atoms with Gasteiger partial charge in [-0.1, -0.05) is 123 Å². The molecule has 7 unspecified atom stereocenters. The summed E-state index contributed by atoms with van der Waals surface area (Å²) in [6.07, 6.45) is 17.4. The Bertz CT molecular complexity index is 966. The Morgan fingerprint density at radius 1 is 0.826 bits per heavy atom. The molecule has 0 aromatic heterocycles. The molecule has 5 heteroatoms. The number of benzene rings is 1. The average molecular weight is 773 g/mol. The van der Waals surface area contributed by atoms with Crippen molar-refractivity contribution in [1.82, 2.24) is 0 Å². The molecule has 4 rings (SSSR count). The van der Waals surface area contributed by atoms with E-state index in [-0.39, 0.29) is 25.9 Å². The number of rotatable bonds is 11. The van der Waals surface area contributed by atoms with Crippen molar-refractivity contribution in [2.75, 3.05) is 6.61 Å². The zero-order valence-electron chi connectivity index (χ0n) is 32.3. The molecule has 3 aliphatic carbocycles. The fraction of sp³-hybridized carbons (Fsp3) is 0.805. The van der Waals surface area contributed by atoms with E-state index < -0.39 is 28.9 Å². The summed E-state index contributed by atoms with van der Waals surface area (Å²) < 4.78 is 5.93. The third-order valence-electron chi connectivity index (χ3n) is 12.1. The van der Waals surface area contributed by atoms with Gasteiger partial charge < -0.3 is 19.6 Å². The molecule has 3 aliphatic rings. The van der Waals surface area contributed by atoms with Crippen molar-refractivity contribution < 1.29 is 25.6 Å². The molecule has 7 atom stereocenters. The van der Waals surface area contributed by atoms with Crippen LogP contribution >= 0.6 is 17.0 Å². The molecule has 0 heterocycles. The molecule has 0 spiro atoms. The molecule has 1 nitrogen and oxygen atoms in total. The molecular formula is C41H74Cl2OSiZr. The van der Waals surface area contributed by atoms with Gasteiger partial charge in [0.1, 0.15) is 0 Å². The first-order valence-corrected chi connectivity index (χ1v) is 27.8. The second-order valence-corrected chi connectivity index (χ2v) is 26.7. The maximum atomic E-state index is 5.93. The summed E-state index contributed by atoms with van der Waals surface area (Å²) in [4.78, 5) is 0. The van der Waals surface area contributed by atoms with Crippen molar-refractivity contribution in [3.8, 4) is 0 Å². The van der Waals surface area contributed by atoms with Crippen molar-refractivity contribution in [3.63, 3.8) is 0 Å². The predicted octanol–water partition coefficient (Wildman–Crippen LogP) is 14.5. The minimum atomic E-state index is -1.38. The van der Waals surface area contributed by atoms with Crippen LogP contribution in [0.4, 0.5) is 0 Å². The Hall–Kier alpha value is 0.860. The molecule has 46 heavy (non-hydrogen) atoms. The quantitative estimate of drug-likeness (QED) is 0.124. The van der Waals surface area contributed by atoms with Gasteiger partial charge in [-0.3, -0.25) is 0 Å². The number of fused-ring (bicyclic) bond motifs is 1. The van der Waals surface area contributed by atoms with Crippen LogP contribution in [0.5, 0.6) is 0 Å². The first-order valence-electron chi connectivity index (χ1n) is 18.3. The molecule has 0 bridgehead atoms. The van der Waals surface area contributed by atoms with E-state index in [1.807, 2.05) is 0 Å². The van der Waals surface area contributed by atoms with Crippen LogP contribution in [-0.2, 0) is 31.0 Å². The van der Waals surface area contributed by atoms with Gasteiger partial charge in [0.25, 0.3) is 0 Å². The van der Waals surface area contributed by atoms with Gasteiger partial charge in [-0.05, 0) is 110 Å². The van der Waals surface area contributed by atoms with Gasteiger partial charge in [-0.25, -0.2) is 0 Å². The van der Waals surface area contributed by atoms with E-state index in [4.69, 9.17) is 21.8 Å². The fourth-order valence-electron chi connectivity index (χ4n) is 9.85. The summed E-state index contributed by atoms with van der Waals surface area (Å²) in [5.41, 5.74) is 5.49.